The van der Waals surface area contributed by atoms with E-state index in [1.807, 2.05) is 6.92 Å². The number of carbonyl (C=O) groups excluding carboxylic acids is 1. The lowest BCUT2D eigenvalue weighted by atomic mass is 10.2. The van der Waals surface area contributed by atoms with Gasteiger partial charge in [0.1, 0.15) is 5.82 Å². The maximum Gasteiger partial charge on any atom is 0.237 e. The summed E-state index contributed by atoms with van der Waals surface area (Å²) in [7, 11) is 0. The van der Waals surface area contributed by atoms with Crippen LogP contribution in [0.3, 0.4) is 0 Å². The molecule has 1 amide bonds. The zero-order valence-corrected chi connectivity index (χ0v) is 11.1. The van der Waals surface area contributed by atoms with Crippen LogP contribution in [-0.4, -0.2) is 43.2 Å². The molecule has 1 saturated heterocycles. The Hall–Kier alpha value is -1.46. The van der Waals surface area contributed by atoms with E-state index in [4.69, 9.17) is 4.74 Å². The molecule has 1 fully saturated rings. The minimum atomic E-state index is -0.290. The Bertz CT molecular complexity index is 433. The molecule has 1 aromatic rings. The van der Waals surface area contributed by atoms with E-state index in [1.54, 1.807) is 18.2 Å². The molecule has 4 nitrogen and oxygen atoms in total. The normalized spacial score (nSPS) is 18.0. The van der Waals surface area contributed by atoms with Crippen LogP contribution in [0.25, 0.3) is 0 Å². The van der Waals surface area contributed by atoms with Crippen LogP contribution in [0.2, 0.25) is 0 Å². The fourth-order valence-corrected chi connectivity index (χ4v) is 2.10. The van der Waals surface area contributed by atoms with Crippen LogP contribution in [0, 0.1) is 5.82 Å². The molecule has 1 heterocycles. The largest absolute Gasteiger partial charge is 0.379 e. The molecule has 0 unspecified atom stereocenters. The second-order valence-electron chi connectivity index (χ2n) is 4.63. The number of rotatable bonds is 4. The van der Waals surface area contributed by atoms with Gasteiger partial charge in [0.25, 0.3) is 0 Å². The Morgan fingerprint density at radius 3 is 2.79 bits per heavy atom. The van der Waals surface area contributed by atoms with Crippen molar-refractivity contribution in [2.45, 2.75) is 19.5 Å². The third kappa shape index (κ3) is 3.75. The number of morpholine rings is 1. The van der Waals surface area contributed by atoms with Crippen LogP contribution in [0.15, 0.2) is 24.3 Å². The van der Waals surface area contributed by atoms with Crippen molar-refractivity contribution in [3.8, 4) is 0 Å². The highest BCUT2D eigenvalue weighted by Gasteiger charge is 2.22. The first-order chi connectivity index (χ1) is 9.18. The van der Waals surface area contributed by atoms with Crippen LogP contribution in [0.1, 0.15) is 12.5 Å². The van der Waals surface area contributed by atoms with E-state index >= 15 is 0 Å². The van der Waals surface area contributed by atoms with E-state index in [0.717, 1.165) is 13.1 Å². The smallest absolute Gasteiger partial charge is 0.237 e. The van der Waals surface area contributed by atoms with E-state index in [9.17, 15) is 9.18 Å². The number of hydrogen-bond acceptors (Lipinski definition) is 3. The molecule has 0 radical (unpaired) electrons. The predicted molar refractivity (Wildman–Crippen MR) is 70.1 cm³/mol. The van der Waals surface area contributed by atoms with Crippen LogP contribution >= 0.6 is 0 Å². The fourth-order valence-electron chi connectivity index (χ4n) is 2.10. The van der Waals surface area contributed by atoms with E-state index in [1.165, 1.54) is 6.07 Å². The number of halogens is 1. The molecular weight excluding hydrogens is 247 g/mol. The Morgan fingerprint density at radius 1 is 1.42 bits per heavy atom. The first-order valence-corrected chi connectivity index (χ1v) is 6.51. The Balaban J connectivity index is 1.85. The first-order valence-electron chi connectivity index (χ1n) is 6.51. The van der Waals surface area contributed by atoms with Gasteiger partial charge < -0.3 is 10.1 Å². The monoisotopic (exact) mass is 266 g/mol. The second kappa shape index (κ2) is 6.63. The molecule has 1 aliphatic heterocycles. The van der Waals surface area contributed by atoms with Crippen molar-refractivity contribution in [2.75, 3.05) is 26.3 Å². The number of benzene rings is 1. The number of nitrogens with zero attached hydrogens (tertiary/aromatic N) is 1. The number of hydrogen-bond donors (Lipinski definition) is 1. The molecule has 1 aliphatic rings. The van der Waals surface area contributed by atoms with Gasteiger partial charge in [-0.1, -0.05) is 18.2 Å². The molecule has 1 N–H and O–H groups in total. The van der Waals surface area contributed by atoms with Gasteiger partial charge in [-0.25, -0.2) is 4.39 Å². The van der Waals surface area contributed by atoms with Crippen molar-refractivity contribution in [1.82, 2.24) is 10.2 Å². The molecule has 1 atom stereocenters. The topological polar surface area (TPSA) is 41.6 Å². The number of carbonyl (C=O) groups is 1. The minimum absolute atomic E-state index is 0.0786. The van der Waals surface area contributed by atoms with Gasteiger partial charge in [-0.15, -0.1) is 0 Å². The molecule has 1 aromatic carbocycles. The van der Waals surface area contributed by atoms with Crippen LogP contribution in [-0.2, 0) is 16.1 Å². The summed E-state index contributed by atoms with van der Waals surface area (Å²) in [5.41, 5.74) is 0.505. The lowest BCUT2D eigenvalue weighted by Gasteiger charge is -2.31. The van der Waals surface area contributed by atoms with Gasteiger partial charge in [-0.2, -0.15) is 0 Å². The van der Waals surface area contributed by atoms with E-state index in [-0.39, 0.29) is 24.3 Å². The second-order valence-corrected chi connectivity index (χ2v) is 4.63. The van der Waals surface area contributed by atoms with Gasteiger partial charge in [-0.3, -0.25) is 9.69 Å². The van der Waals surface area contributed by atoms with Crippen molar-refractivity contribution in [1.29, 1.82) is 0 Å². The zero-order valence-electron chi connectivity index (χ0n) is 11.1. The van der Waals surface area contributed by atoms with Crippen molar-refractivity contribution >= 4 is 5.91 Å². The average molecular weight is 266 g/mol. The molecule has 19 heavy (non-hydrogen) atoms. The summed E-state index contributed by atoms with van der Waals surface area (Å²) in [6, 6.07) is 6.25. The standard InChI is InChI=1S/C14H19FN2O2/c1-11(17-6-8-19-9-7-17)14(18)16-10-12-4-2-3-5-13(12)15/h2-5,11H,6-10H2,1H3,(H,16,18)/t11-/m1/s1. The maximum absolute atomic E-state index is 13.4. The lowest BCUT2D eigenvalue weighted by Crippen LogP contribution is -2.49. The first kappa shape index (κ1) is 14.0. The fraction of sp³-hybridized carbons (Fsp3) is 0.500. The average Bonchev–Trinajstić information content (AvgIpc) is 2.46. The number of amides is 1. The highest BCUT2D eigenvalue weighted by Crippen LogP contribution is 2.07. The van der Waals surface area contributed by atoms with Gasteiger partial charge in [0, 0.05) is 25.2 Å². The maximum atomic E-state index is 13.4. The van der Waals surface area contributed by atoms with E-state index < -0.39 is 0 Å². The summed E-state index contributed by atoms with van der Waals surface area (Å²) in [6.07, 6.45) is 0. The van der Waals surface area contributed by atoms with Crippen molar-refractivity contribution < 1.29 is 13.9 Å². The lowest BCUT2D eigenvalue weighted by molar-refractivity contribution is -0.127. The summed E-state index contributed by atoms with van der Waals surface area (Å²) >= 11 is 0. The highest BCUT2D eigenvalue weighted by molar-refractivity contribution is 5.81. The Kier molecular flexibility index (Phi) is 4.87. The minimum Gasteiger partial charge on any atom is -0.379 e. The molecular formula is C14H19FN2O2. The zero-order chi connectivity index (χ0) is 13.7. The molecule has 0 spiro atoms. The van der Waals surface area contributed by atoms with Crippen molar-refractivity contribution in [2.24, 2.45) is 0 Å². The van der Waals surface area contributed by atoms with Crippen molar-refractivity contribution in [3.05, 3.63) is 35.6 Å². The SMILES string of the molecule is C[C@H](C(=O)NCc1ccccc1F)N1CCOCC1. The molecule has 5 heteroatoms. The van der Waals surface area contributed by atoms with Crippen LogP contribution in [0.5, 0.6) is 0 Å². The Morgan fingerprint density at radius 2 is 2.11 bits per heavy atom. The molecule has 2 rings (SSSR count). The van der Waals surface area contributed by atoms with Gasteiger partial charge >= 0.3 is 0 Å². The third-order valence-electron chi connectivity index (χ3n) is 3.38. The van der Waals surface area contributed by atoms with Crippen molar-refractivity contribution in [3.63, 3.8) is 0 Å². The van der Waals surface area contributed by atoms with Gasteiger partial charge in [-0.05, 0) is 13.0 Å². The summed E-state index contributed by atoms with van der Waals surface area (Å²) in [5.74, 6) is -0.369. The van der Waals surface area contributed by atoms with E-state index in [0.29, 0.717) is 18.8 Å². The molecule has 0 bridgehead atoms. The molecule has 0 aliphatic carbocycles. The van der Waals surface area contributed by atoms with Crippen LogP contribution in [0.4, 0.5) is 4.39 Å². The summed E-state index contributed by atoms with van der Waals surface area (Å²) in [5, 5.41) is 2.78. The quantitative estimate of drug-likeness (QED) is 0.889. The van der Waals surface area contributed by atoms with Gasteiger partial charge in [0.05, 0.1) is 19.3 Å². The van der Waals surface area contributed by atoms with Gasteiger partial charge in [0.2, 0.25) is 5.91 Å². The number of ether oxygens (including phenoxy) is 1. The molecule has 0 aromatic heterocycles. The summed E-state index contributed by atoms with van der Waals surface area (Å²) in [6.45, 7) is 4.92. The van der Waals surface area contributed by atoms with Crippen LogP contribution < -0.4 is 5.32 Å². The summed E-state index contributed by atoms with van der Waals surface area (Å²) in [4.78, 5) is 14.1. The Labute approximate surface area is 112 Å². The van der Waals surface area contributed by atoms with Gasteiger partial charge in [0.15, 0.2) is 0 Å². The predicted octanol–water partition coefficient (Wildman–Crippen LogP) is 1.16. The summed E-state index contributed by atoms with van der Waals surface area (Å²) < 4.78 is 18.7. The third-order valence-corrected chi connectivity index (χ3v) is 3.38. The molecule has 104 valence electrons. The van der Waals surface area contributed by atoms with E-state index in [2.05, 4.69) is 10.2 Å². The highest BCUT2D eigenvalue weighted by atomic mass is 19.1. The number of nitrogens with one attached hydrogen (secondary N) is 1. The molecule has 0 saturated carbocycles.